The zero-order valence-corrected chi connectivity index (χ0v) is 13.1. The van der Waals surface area contributed by atoms with Crippen molar-refractivity contribution in [1.29, 1.82) is 0 Å². The predicted molar refractivity (Wildman–Crippen MR) is 80.4 cm³/mol. The van der Waals surface area contributed by atoms with Crippen molar-refractivity contribution in [2.24, 2.45) is 17.6 Å². The van der Waals surface area contributed by atoms with Gasteiger partial charge in [-0.1, -0.05) is 6.92 Å². The Morgan fingerprint density at radius 2 is 2.05 bits per heavy atom. The van der Waals surface area contributed by atoms with Crippen molar-refractivity contribution in [3.63, 3.8) is 0 Å². The minimum atomic E-state index is -0.0169. The minimum absolute atomic E-state index is 0. The lowest BCUT2D eigenvalue weighted by atomic mass is 9.98. The van der Waals surface area contributed by atoms with Crippen LogP contribution in [0.1, 0.15) is 40.0 Å². The number of fused-ring (bicyclic) bond motifs is 1. The molecule has 0 radical (unpaired) electrons. The minimum Gasteiger partial charge on any atom is -0.352 e. The summed E-state index contributed by atoms with van der Waals surface area (Å²) in [6, 6.07) is 0.603. The second-order valence-electron chi connectivity index (χ2n) is 6.11. The molecule has 0 aromatic carbocycles. The molecule has 1 amide bonds. The molecule has 5 atom stereocenters. The van der Waals surface area contributed by atoms with Gasteiger partial charge in [-0.05, 0) is 44.9 Å². The van der Waals surface area contributed by atoms with Gasteiger partial charge in [0.25, 0.3) is 0 Å². The third kappa shape index (κ3) is 3.61. The molecule has 2 fully saturated rings. The van der Waals surface area contributed by atoms with E-state index in [1.165, 1.54) is 6.42 Å². The standard InChI is InChI=1S/C14H27N3O.ClH/c1-4-9(2)16-14(18)10(3)17-7-11-5-6-13(15)12(11)8-17;/h9-13H,4-8,15H2,1-3H3,(H,16,18);1H. The fourth-order valence-electron chi connectivity index (χ4n) is 3.29. The van der Waals surface area contributed by atoms with Crippen molar-refractivity contribution in [3.05, 3.63) is 0 Å². The Hall–Kier alpha value is -0.320. The molecule has 1 aliphatic carbocycles. The molecule has 4 nitrogen and oxygen atoms in total. The van der Waals surface area contributed by atoms with Crippen molar-refractivity contribution in [2.45, 2.75) is 58.2 Å². The summed E-state index contributed by atoms with van der Waals surface area (Å²) >= 11 is 0. The molecule has 0 spiro atoms. The van der Waals surface area contributed by atoms with Crippen LogP contribution in [0, 0.1) is 11.8 Å². The van der Waals surface area contributed by atoms with Crippen LogP contribution in [0.4, 0.5) is 0 Å². The number of rotatable bonds is 4. The zero-order chi connectivity index (χ0) is 13.3. The van der Waals surface area contributed by atoms with Crippen LogP contribution in [-0.4, -0.2) is 42.0 Å². The monoisotopic (exact) mass is 289 g/mol. The lowest BCUT2D eigenvalue weighted by molar-refractivity contribution is -0.126. The summed E-state index contributed by atoms with van der Waals surface area (Å²) in [5, 5.41) is 3.07. The fraction of sp³-hybridized carbons (Fsp3) is 0.929. The number of nitrogens with one attached hydrogen (secondary N) is 1. The van der Waals surface area contributed by atoms with Crippen molar-refractivity contribution in [2.75, 3.05) is 13.1 Å². The van der Waals surface area contributed by atoms with E-state index >= 15 is 0 Å². The molecule has 1 saturated heterocycles. The van der Waals surface area contributed by atoms with Gasteiger partial charge >= 0.3 is 0 Å². The van der Waals surface area contributed by atoms with Crippen molar-refractivity contribution in [1.82, 2.24) is 10.2 Å². The Morgan fingerprint density at radius 1 is 1.37 bits per heavy atom. The third-order valence-electron chi connectivity index (χ3n) is 4.87. The van der Waals surface area contributed by atoms with Crippen molar-refractivity contribution < 1.29 is 4.79 Å². The first-order chi connectivity index (χ1) is 8.52. The van der Waals surface area contributed by atoms with E-state index in [0.717, 1.165) is 31.8 Å². The maximum atomic E-state index is 12.1. The Morgan fingerprint density at radius 3 is 2.63 bits per heavy atom. The van der Waals surface area contributed by atoms with Crippen LogP contribution in [0.15, 0.2) is 0 Å². The van der Waals surface area contributed by atoms with E-state index in [1.54, 1.807) is 0 Å². The van der Waals surface area contributed by atoms with E-state index in [9.17, 15) is 4.79 Å². The maximum Gasteiger partial charge on any atom is 0.237 e. The predicted octanol–water partition coefficient (Wildman–Crippen LogP) is 1.38. The molecule has 1 heterocycles. The summed E-state index contributed by atoms with van der Waals surface area (Å²) in [6.45, 7) is 8.22. The molecule has 0 aromatic heterocycles. The number of halogens is 1. The number of hydrogen-bond donors (Lipinski definition) is 2. The highest BCUT2D eigenvalue weighted by atomic mass is 35.5. The van der Waals surface area contributed by atoms with Gasteiger partial charge in [-0.3, -0.25) is 9.69 Å². The second kappa shape index (κ2) is 6.91. The van der Waals surface area contributed by atoms with Crippen LogP contribution < -0.4 is 11.1 Å². The normalized spacial score (nSPS) is 33.4. The first-order valence-corrected chi connectivity index (χ1v) is 7.33. The molecular formula is C14H28ClN3O. The van der Waals surface area contributed by atoms with Gasteiger partial charge in [0.2, 0.25) is 5.91 Å². The number of amides is 1. The topological polar surface area (TPSA) is 58.4 Å². The summed E-state index contributed by atoms with van der Waals surface area (Å²) in [7, 11) is 0. The average molecular weight is 290 g/mol. The summed E-state index contributed by atoms with van der Waals surface area (Å²) in [5.74, 6) is 1.50. The molecular weight excluding hydrogens is 262 g/mol. The first kappa shape index (κ1) is 16.7. The van der Waals surface area contributed by atoms with Crippen LogP contribution in [0.2, 0.25) is 0 Å². The Balaban J connectivity index is 0.00000180. The smallest absolute Gasteiger partial charge is 0.237 e. The summed E-state index contributed by atoms with van der Waals surface area (Å²) < 4.78 is 0. The summed E-state index contributed by atoms with van der Waals surface area (Å²) in [5.41, 5.74) is 6.13. The Bertz CT molecular complexity index is 313. The van der Waals surface area contributed by atoms with E-state index in [1.807, 2.05) is 6.92 Å². The van der Waals surface area contributed by atoms with Crippen LogP contribution in [0.3, 0.4) is 0 Å². The molecule has 5 unspecified atom stereocenters. The number of hydrogen-bond acceptors (Lipinski definition) is 3. The van der Waals surface area contributed by atoms with E-state index in [-0.39, 0.29) is 30.4 Å². The number of likely N-dealkylation sites (tertiary alicyclic amines) is 1. The number of carbonyl (C=O) groups is 1. The van der Waals surface area contributed by atoms with E-state index in [0.29, 0.717) is 12.0 Å². The van der Waals surface area contributed by atoms with Crippen LogP contribution in [0.25, 0.3) is 0 Å². The molecule has 2 aliphatic rings. The van der Waals surface area contributed by atoms with Crippen LogP contribution in [0.5, 0.6) is 0 Å². The van der Waals surface area contributed by atoms with Gasteiger partial charge in [0.05, 0.1) is 6.04 Å². The second-order valence-corrected chi connectivity index (χ2v) is 6.11. The number of carbonyl (C=O) groups excluding carboxylic acids is 1. The van der Waals surface area contributed by atoms with Gasteiger partial charge in [-0.2, -0.15) is 0 Å². The van der Waals surface area contributed by atoms with Gasteiger partial charge in [-0.15, -0.1) is 12.4 Å². The Kier molecular flexibility index (Phi) is 6.09. The molecule has 5 heteroatoms. The zero-order valence-electron chi connectivity index (χ0n) is 12.3. The van der Waals surface area contributed by atoms with Gasteiger partial charge in [-0.25, -0.2) is 0 Å². The molecule has 1 aliphatic heterocycles. The van der Waals surface area contributed by atoms with Gasteiger partial charge < -0.3 is 11.1 Å². The molecule has 0 bridgehead atoms. The van der Waals surface area contributed by atoms with E-state index in [4.69, 9.17) is 5.73 Å². The average Bonchev–Trinajstić information content (AvgIpc) is 2.91. The highest BCUT2D eigenvalue weighted by Gasteiger charge is 2.43. The lowest BCUT2D eigenvalue weighted by Gasteiger charge is -2.26. The van der Waals surface area contributed by atoms with Crippen molar-refractivity contribution >= 4 is 18.3 Å². The first-order valence-electron chi connectivity index (χ1n) is 7.33. The fourth-order valence-corrected chi connectivity index (χ4v) is 3.29. The SMILES string of the molecule is CCC(C)NC(=O)C(C)N1CC2CCC(N)C2C1.Cl. The van der Waals surface area contributed by atoms with Gasteiger partial charge in [0.1, 0.15) is 0 Å². The third-order valence-corrected chi connectivity index (χ3v) is 4.87. The van der Waals surface area contributed by atoms with Crippen molar-refractivity contribution in [3.8, 4) is 0 Å². The Labute approximate surface area is 122 Å². The van der Waals surface area contributed by atoms with Gasteiger partial charge in [0.15, 0.2) is 0 Å². The summed E-state index contributed by atoms with van der Waals surface area (Å²) in [4.78, 5) is 14.4. The molecule has 2 rings (SSSR count). The maximum absolute atomic E-state index is 12.1. The molecule has 0 aromatic rings. The quantitative estimate of drug-likeness (QED) is 0.822. The molecule has 1 saturated carbocycles. The molecule has 112 valence electrons. The van der Waals surface area contributed by atoms with Crippen LogP contribution in [-0.2, 0) is 4.79 Å². The number of nitrogens with zero attached hydrogens (tertiary/aromatic N) is 1. The lowest BCUT2D eigenvalue weighted by Crippen LogP contribution is -2.47. The van der Waals surface area contributed by atoms with Crippen LogP contribution >= 0.6 is 12.4 Å². The molecule has 19 heavy (non-hydrogen) atoms. The van der Waals surface area contributed by atoms with E-state index in [2.05, 4.69) is 24.1 Å². The largest absolute Gasteiger partial charge is 0.352 e. The highest BCUT2D eigenvalue weighted by molar-refractivity contribution is 5.85. The summed E-state index contributed by atoms with van der Waals surface area (Å²) in [6.07, 6.45) is 3.38. The van der Waals surface area contributed by atoms with E-state index < -0.39 is 0 Å². The highest BCUT2D eigenvalue weighted by Crippen LogP contribution is 2.37. The van der Waals surface area contributed by atoms with Gasteiger partial charge in [0, 0.05) is 25.2 Å². The molecule has 3 N–H and O–H groups in total. The number of nitrogens with two attached hydrogens (primary N) is 1.